The van der Waals surface area contributed by atoms with Crippen molar-refractivity contribution in [3.63, 3.8) is 0 Å². The van der Waals surface area contributed by atoms with Crippen molar-refractivity contribution in [1.82, 2.24) is 15.6 Å². The Balaban J connectivity index is 1.92. The Hall–Kier alpha value is -1.62. The summed E-state index contributed by atoms with van der Waals surface area (Å²) in [5.41, 5.74) is 1.19. The molecular formula is C14H22N4O. The second-order valence-corrected chi connectivity index (χ2v) is 4.93. The third-order valence-electron chi connectivity index (χ3n) is 3.63. The largest absolute Gasteiger partial charge is 0.359 e. The minimum atomic E-state index is 0.157. The molecule has 1 aromatic rings. The number of rotatable bonds is 4. The standard InChI is InChI=1S/C14H22N4O/c1-15-9-11-3-4-13(17-10-11)18-7-5-12(6-8-18)14(19)16-2/h3-4,10,12,15H,5-9H2,1-2H3,(H,16,19). The van der Waals surface area contributed by atoms with Crippen molar-refractivity contribution in [2.24, 2.45) is 5.92 Å². The van der Waals surface area contributed by atoms with Gasteiger partial charge in [-0.05, 0) is 31.5 Å². The Labute approximate surface area is 114 Å². The average molecular weight is 262 g/mol. The highest BCUT2D eigenvalue weighted by Gasteiger charge is 2.24. The number of hydrogen-bond donors (Lipinski definition) is 2. The molecule has 5 nitrogen and oxygen atoms in total. The summed E-state index contributed by atoms with van der Waals surface area (Å²) in [6.45, 7) is 2.64. The number of carbonyl (C=O) groups excluding carboxylic acids is 1. The molecule has 0 aromatic carbocycles. The predicted octanol–water partition coefficient (Wildman–Crippen LogP) is 0.763. The van der Waals surface area contributed by atoms with Gasteiger partial charge in [0.2, 0.25) is 5.91 Å². The van der Waals surface area contributed by atoms with Crippen LogP contribution in [0.4, 0.5) is 5.82 Å². The van der Waals surface area contributed by atoms with Crippen molar-refractivity contribution in [3.8, 4) is 0 Å². The predicted molar refractivity (Wildman–Crippen MR) is 76.0 cm³/mol. The third-order valence-corrected chi connectivity index (χ3v) is 3.63. The van der Waals surface area contributed by atoms with E-state index in [1.165, 1.54) is 5.56 Å². The second kappa shape index (κ2) is 6.52. The molecule has 1 aliphatic rings. The number of amides is 1. The molecule has 0 spiro atoms. The van der Waals surface area contributed by atoms with Gasteiger partial charge in [-0.3, -0.25) is 4.79 Å². The number of nitrogens with zero attached hydrogens (tertiary/aromatic N) is 2. The Bertz CT molecular complexity index is 410. The fourth-order valence-electron chi connectivity index (χ4n) is 2.49. The lowest BCUT2D eigenvalue weighted by molar-refractivity contribution is -0.125. The zero-order valence-corrected chi connectivity index (χ0v) is 11.6. The molecule has 104 valence electrons. The van der Waals surface area contributed by atoms with Gasteiger partial charge in [-0.25, -0.2) is 4.98 Å². The fraction of sp³-hybridized carbons (Fsp3) is 0.571. The minimum absolute atomic E-state index is 0.157. The molecule has 2 rings (SSSR count). The van der Waals surface area contributed by atoms with Crippen molar-refractivity contribution in [2.75, 3.05) is 32.1 Å². The molecule has 2 heterocycles. The van der Waals surface area contributed by atoms with E-state index in [9.17, 15) is 4.79 Å². The number of aromatic nitrogens is 1. The summed E-state index contributed by atoms with van der Waals surface area (Å²) < 4.78 is 0. The summed E-state index contributed by atoms with van der Waals surface area (Å²) in [5, 5.41) is 5.84. The van der Waals surface area contributed by atoms with Gasteiger partial charge >= 0.3 is 0 Å². The molecule has 0 radical (unpaired) electrons. The van der Waals surface area contributed by atoms with Crippen molar-refractivity contribution < 1.29 is 4.79 Å². The van der Waals surface area contributed by atoms with Gasteiger partial charge in [0.1, 0.15) is 5.82 Å². The normalized spacial score (nSPS) is 16.4. The van der Waals surface area contributed by atoms with Crippen molar-refractivity contribution in [1.29, 1.82) is 0 Å². The van der Waals surface area contributed by atoms with Crippen LogP contribution in [0.25, 0.3) is 0 Å². The molecule has 0 bridgehead atoms. The van der Waals surface area contributed by atoms with E-state index in [1.807, 2.05) is 13.2 Å². The third kappa shape index (κ3) is 3.44. The van der Waals surface area contributed by atoms with Gasteiger partial charge in [0, 0.05) is 38.8 Å². The summed E-state index contributed by atoms with van der Waals surface area (Å²) in [4.78, 5) is 18.3. The lowest BCUT2D eigenvalue weighted by Gasteiger charge is -2.32. The molecule has 1 aliphatic heterocycles. The number of nitrogens with one attached hydrogen (secondary N) is 2. The van der Waals surface area contributed by atoms with Crippen LogP contribution in [0.15, 0.2) is 18.3 Å². The molecule has 2 N–H and O–H groups in total. The molecule has 5 heteroatoms. The van der Waals surface area contributed by atoms with Crippen LogP contribution in [0.3, 0.4) is 0 Å². The average Bonchev–Trinajstić information content (AvgIpc) is 2.48. The lowest BCUT2D eigenvalue weighted by Crippen LogP contribution is -2.39. The SMILES string of the molecule is CNCc1ccc(N2CCC(C(=O)NC)CC2)nc1. The van der Waals surface area contributed by atoms with E-state index in [0.717, 1.165) is 38.3 Å². The van der Waals surface area contributed by atoms with E-state index in [4.69, 9.17) is 0 Å². The Morgan fingerprint density at radius 1 is 1.37 bits per heavy atom. The molecule has 1 saturated heterocycles. The number of pyridine rings is 1. The van der Waals surface area contributed by atoms with Gasteiger partial charge in [-0.1, -0.05) is 6.07 Å². The van der Waals surface area contributed by atoms with Crippen molar-refractivity contribution >= 4 is 11.7 Å². The van der Waals surface area contributed by atoms with Gasteiger partial charge < -0.3 is 15.5 Å². The van der Waals surface area contributed by atoms with Crippen LogP contribution in [-0.4, -0.2) is 38.1 Å². The van der Waals surface area contributed by atoms with Crippen molar-refractivity contribution in [2.45, 2.75) is 19.4 Å². The molecule has 0 unspecified atom stereocenters. The maximum Gasteiger partial charge on any atom is 0.222 e. The van der Waals surface area contributed by atoms with E-state index in [1.54, 1.807) is 7.05 Å². The summed E-state index contributed by atoms with van der Waals surface area (Å²) in [7, 11) is 3.63. The van der Waals surface area contributed by atoms with E-state index < -0.39 is 0 Å². The van der Waals surface area contributed by atoms with E-state index >= 15 is 0 Å². The van der Waals surface area contributed by atoms with E-state index in [0.29, 0.717) is 0 Å². The Kier molecular flexibility index (Phi) is 4.74. The van der Waals surface area contributed by atoms with E-state index in [-0.39, 0.29) is 11.8 Å². The maximum atomic E-state index is 11.6. The topological polar surface area (TPSA) is 57.3 Å². The van der Waals surface area contributed by atoms with Gasteiger partial charge in [-0.15, -0.1) is 0 Å². The van der Waals surface area contributed by atoms with Crippen molar-refractivity contribution in [3.05, 3.63) is 23.9 Å². The Morgan fingerprint density at radius 3 is 2.63 bits per heavy atom. The molecular weight excluding hydrogens is 240 g/mol. The Morgan fingerprint density at radius 2 is 2.11 bits per heavy atom. The zero-order valence-electron chi connectivity index (χ0n) is 11.6. The highest BCUT2D eigenvalue weighted by atomic mass is 16.1. The van der Waals surface area contributed by atoms with Crippen LogP contribution in [0.1, 0.15) is 18.4 Å². The molecule has 1 amide bonds. The van der Waals surface area contributed by atoms with Gasteiger partial charge in [0.05, 0.1) is 0 Å². The van der Waals surface area contributed by atoms with Crippen LogP contribution in [-0.2, 0) is 11.3 Å². The molecule has 1 fully saturated rings. The molecule has 19 heavy (non-hydrogen) atoms. The second-order valence-electron chi connectivity index (χ2n) is 4.93. The van der Waals surface area contributed by atoms with Crippen LogP contribution in [0, 0.1) is 5.92 Å². The molecule has 0 saturated carbocycles. The van der Waals surface area contributed by atoms with Crippen LogP contribution >= 0.6 is 0 Å². The van der Waals surface area contributed by atoms with Crippen LogP contribution < -0.4 is 15.5 Å². The van der Waals surface area contributed by atoms with Crippen LogP contribution in [0.2, 0.25) is 0 Å². The number of hydrogen-bond acceptors (Lipinski definition) is 4. The molecule has 0 aliphatic carbocycles. The zero-order chi connectivity index (χ0) is 13.7. The summed E-state index contributed by atoms with van der Waals surface area (Å²) >= 11 is 0. The number of anilines is 1. The first-order valence-corrected chi connectivity index (χ1v) is 6.80. The highest BCUT2D eigenvalue weighted by molar-refractivity contribution is 5.78. The number of carbonyl (C=O) groups is 1. The lowest BCUT2D eigenvalue weighted by atomic mass is 9.96. The smallest absolute Gasteiger partial charge is 0.222 e. The first-order valence-electron chi connectivity index (χ1n) is 6.80. The minimum Gasteiger partial charge on any atom is -0.359 e. The number of piperidine rings is 1. The van der Waals surface area contributed by atoms with Gasteiger partial charge in [0.25, 0.3) is 0 Å². The van der Waals surface area contributed by atoms with Gasteiger partial charge in [-0.2, -0.15) is 0 Å². The summed E-state index contributed by atoms with van der Waals surface area (Å²) in [6.07, 6.45) is 3.72. The maximum absolute atomic E-state index is 11.6. The summed E-state index contributed by atoms with van der Waals surface area (Å²) in [5.74, 6) is 1.33. The monoisotopic (exact) mass is 262 g/mol. The fourth-order valence-corrected chi connectivity index (χ4v) is 2.49. The quantitative estimate of drug-likeness (QED) is 0.841. The first kappa shape index (κ1) is 13.8. The molecule has 1 aromatic heterocycles. The highest BCUT2D eigenvalue weighted by Crippen LogP contribution is 2.21. The molecule has 0 atom stereocenters. The van der Waals surface area contributed by atoms with E-state index in [2.05, 4.69) is 32.7 Å². The van der Waals surface area contributed by atoms with Crippen LogP contribution in [0.5, 0.6) is 0 Å². The summed E-state index contributed by atoms with van der Waals surface area (Å²) in [6, 6.07) is 4.16. The first-order chi connectivity index (χ1) is 9.24. The van der Waals surface area contributed by atoms with Gasteiger partial charge in [0.15, 0.2) is 0 Å².